The molecule has 0 radical (unpaired) electrons. The number of nitrogens with one attached hydrogen (secondary N) is 1. The summed E-state index contributed by atoms with van der Waals surface area (Å²) >= 11 is 1.11. The maximum absolute atomic E-state index is 12.7. The summed E-state index contributed by atoms with van der Waals surface area (Å²) in [4.78, 5) is 17.6. The van der Waals surface area contributed by atoms with Crippen LogP contribution in [0.1, 0.15) is 44.4 Å². The van der Waals surface area contributed by atoms with E-state index in [4.69, 9.17) is 9.40 Å². The average molecular weight is 451 g/mol. The van der Waals surface area contributed by atoms with Crippen molar-refractivity contribution < 1.29 is 9.62 Å². The molecule has 32 heavy (non-hydrogen) atoms. The van der Waals surface area contributed by atoms with Gasteiger partial charge in [0.15, 0.2) is 11.5 Å². The first-order valence-corrected chi connectivity index (χ1v) is 11.7. The topological polar surface area (TPSA) is 83.5 Å². The monoisotopic (exact) mass is 450 g/mol. The zero-order valence-corrected chi connectivity index (χ0v) is 19.0. The van der Waals surface area contributed by atoms with Gasteiger partial charge < -0.3 is 18.9 Å². The summed E-state index contributed by atoms with van der Waals surface area (Å²) in [6.07, 6.45) is 6.46. The van der Waals surface area contributed by atoms with E-state index in [-0.39, 0.29) is 5.56 Å². The number of hydroxylamine groups is 1. The third-order valence-corrected chi connectivity index (χ3v) is 6.93. The zero-order chi connectivity index (χ0) is 22.2. The lowest BCUT2D eigenvalue weighted by molar-refractivity contribution is 0.0230. The van der Waals surface area contributed by atoms with E-state index < -0.39 is 0 Å². The highest BCUT2D eigenvalue weighted by Crippen LogP contribution is 2.40. The van der Waals surface area contributed by atoms with Crippen molar-refractivity contribution in [2.45, 2.75) is 38.5 Å². The molecule has 1 aliphatic rings. The van der Waals surface area contributed by atoms with Crippen LogP contribution in [0.25, 0.3) is 33.0 Å². The second kappa shape index (κ2) is 8.61. The Balaban J connectivity index is 1.72. The largest absolute Gasteiger partial charge is 0.440 e. The summed E-state index contributed by atoms with van der Waals surface area (Å²) in [5.41, 5.74) is 4.04. The summed E-state index contributed by atoms with van der Waals surface area (Å²) < 4.78 is 12.3. The van der Waals surface area contributed by atoms with E-state index >= 15 is 0 Å². The van der Waals surface area contributed by atoms with Crippen molar-refractivity contribution in [3.8, 4) is 11.1 Å². The molecule has 0 atom stereocenters. The van der Waals surface area contributed by atoms with Gasteiger partial charge in [-0.15, -0.1) is 4.47 Å². The van der Waals surface area contributed by atoms with Crippen molar-refractivity contribution in [3.63, 3.8) is 0 Å². The minimum atomic E-state index is -0.0338. The third-order valence-electron chi connectivity index (χ3n) is 6.13. The number of benzene rings is 2. The molecule has 2 aromatic carbocycles. The van der Waals surface area contributed by atoms with E-state index in [9.17, 15) is 10.0 Å². The third kappa shape index (κ3) is 3.79. The summed E-state index contributed by atoms with van der Waals surface area (Å²) in [5.74, 6) is 1.14. The molecule has 0 saturated heterocycles. The molecule has 7 nitrogen and oxygen atoms in total. The van der Waals surface area contributed by atoms with Crippen LogP contribution in [-0.4, -0.2) is 25.8 Å². The molecule has 0 aliphatic heterocycles. The van der Waals surface area contributed by atoms with E-state index in [1.54, 1.807) is 11.6 Å². The Morgan fingerprint density at radius 1 is 1.22 bits per heavy atom. The minimum absolute atomic E-state index is 0.0338. The number of anilines is 1. The molecule has 2 heterocycles. The van der Waals surface area contributed by atoms with Crippen molar-refractivity contribution in [3.05, 3.63) is 58.8 Å². The second-order valence-electron chi connectivity index (χ2n) is 8.27. The lowest BCUT2D eigenvalue weighted by Gasteiger charge is -2.14. The number of pyridine rings is 1. The van der Waals surface area contributed by atoms with Crippen molar-refractivity contribution in [1.29, 1.82) is 0 Å². The van der Waals surface area contributed by atoms with E-state index in [1.165, 1.54) is 12.8 Å². The lowest BCUT2D eigenvalue weighted by Crippen LogP contribution is -2.16. The maximum atomic E-state index is 12.7. The smallest absolute Gasteiger partial charge is 0.258 e. The molecule has 1 aliphatic carbocycles. The minimum Gasteiger partial charge on any atom is -0.440 e. The molecule has 0 bridgehead atoms. The van der Waals surface area contributed by atoms with Crippen LogP contribution in [0.3, 0.4) is 0 Å². The fraction of sp³-hybridized carbons (Fsp3) is 0.333. The molecule has 0 amide bonds. The van der Waals surface area contributed by atoms with Crippen LogP contribution in [0.15, 0.2) is 51.8 Å². The van der Waals surface area contributed by atoms with E-state index in [0.717, 1.165) is 68.6 Å². The molecule has 0 unspecified atom stereocenters. The maximum Gasteiger partial charge on any atom is 0.258 e. The van der Waals surface area contributed by atoms with Gasteiger partial charge in [0.25, 0.3) is 5.56 Å². The number of hydrogen-bond acceptors (Lipinski definition) is 7. The van der Waals surface area contributed by atoms with Gasteiger partial charge in [0.05, 0.1) is 12.1 Å². The van der Waals surface area contributed by atoms with Gasteiger partial charge >= 0.3 is 0 Å². The molecule has 8 heteroatoms. The predicted octanol–water partition coefficient (Wildman–Crippen LogP) is 5.69. The van der Waals surface area contributed by atoms with Crippen LogP contribution in [-0.2, 0) is 7.05 Å². The fourth-order valence-electron chi connectivity index (χ4n) is 4.46. The summed E-state index contributed by atoms with van der Waals surface area (Å²) in [5, 5.41) is 11.4. The van der Waals surface area contributed by atoms with E-state index in [0.29, 0.717) is 17.8 Å². The molecule has 1 saturated carbocycles. The van der Waals surface area contributed by atoms with Crippen LogP contribution < -0.4 is 10.3 Å². The van der Waals surface area contributed by atoms with Gasteiger partial charge in [-0.3, -0.25) is 4.79 Å². The molecule has 1 fully saturated rings. The lowest BCUT2D eigenvalue weighted by atomic mass is 9.99. The van der Waals surface area contributed by atoms with Crippen LogP contribution >= 0.6 is 12.1 Å². The van der Waals surface area contributed by atoms with Gasteiger partial charge in [0, 0.05) is 47.9 Å². The van der Waals surface area contributed by atoms with Gasteiger partial charge in [-0.2, -0.15) is 0 Å². The number of aryl methyl sites for hydroxylation is 1. The number of oxazole rings is 1. The van der Waals surface area contributed by atoms with Gasteiger partial charge in [0.2, 0.25) is 0 Å². The summed E-state index contributed by atoms with van der Waals surface area (Å²) in [6, 6.07) is 11.6. The standard InChI is InChI=1S/C24H26N4O3S/c1-3-28(30)32-26-16-12-19(20-14-27(2)24(29)18-11-7-6-10-17(18)20)22-21(13-16)25-23(31-22)15-8-4-5-9-15/h6-7,10-15,26,30H,3-5,8-9H2,1-2H3. The molecular weight excluding hydrogens is 424 g/mol. The van der Waals surface area contributed by atoms with Crippen molar-refractivity contribution in [2.24, 2.45) is 7.05 Å². The number of aromatic nitrogens is 2. The molecule has 2 aromatic heterocycles. The molecular formula is C24H26N4O3S. The predicted molar refractivity (Wildman–Crippen MR) is 129 cm³/mol. The second-order valence-corrected chi connectivity index (χ2v) is 9.08. The molecule has 4 aromatic rings. The highest BCUT2D eigenvalue weighted by atomic mass is 32.2. The first kappa shape index (κ1) is 21.1. The average Bonchev–Trinajstić information content (AvgIpc) is 3.49. The van der Waals surface area contributed by atoms with Crippen molar-refractivity contribution in [1.82, 2.24) is 14.0 Å². The van der Waals surface area contributed by atoms with Crippen molar-refractivity contribution >= 4 is 39.7 Å². The highest BCUT2D eigenvalue weighted by Gasteiger charge is 2.24. The van der Waals surface area contributed by atoms with Gasteiger partial charge in [-0.1, -0.05) is 31.0 Å². The normalized spacial score (nSPS) is 14.8. The number of hydrogen-bond donors (Lipinski definition) is 2. The zero-order valence-electron chi connectivity index (χ0n) is 18.2. The number of nitrogens with zero attached hydrogens (tertiary/aromatic N) is 3. The quantitative estimate of drug-likeness (QED) is 0.288. The van der Waals surface area contributed by atoms with Crippen molar-refractivity contribution in [2.75, 3.05) is 11.3 Å². The van der Waals surface area contributed by atoms with Crippen LogP contribution in [0.5, 0.6) is 0 Å². The molecule has 166 valence electrons. The van der Waals surface area contributed by atoms with Gasteiger partial charge in [-0.05, 0) is 43.4 Å². The summed E-state index contributed by atoms with van der Waals surface area (Å²) in [7, 11) is 1.77. The van der Waals surface area contributed by atoms with Gasteiger partial charge in [0.1, 0.15) is 5.52 Å². The highest BCUT2D eigenvalue weighted by molar-refractivity contribution is 7.98. The summed E-state index contributed by atoms with van der Waals surface area (Å²) in [6.45, 7) is 2.35. The van der Waals surface area contributed by atoms with E-state index in [1.807, 2.05) is 49.5 Å². The van der Waals surface area contributed by atoms with Crippen LogP contribution in [0.4, 0.5) is 5.69 Å². The Morgan fingerprint density at radius 2 is 1.97 bits per heavy atom. The molecule has 0 spiro atoms. The Hall–Kier alpha value is -2.81. The Labute approximate surface area is 190 Å². The first-order valence-electron chi connectivity index (χ1n) is 11.0. The first-order chi connectivity index (χ1) is 15.5. The van der Waals surface area contributed by atoms with E-state index in [2.05, 4.69) is 4.72 Å². The Kier molecular flexibility index (Phi) is 5.67. The van der Waals surface area contributed by atoms with Crippen LogP contribution in [0, 0.1) is 0 Å². The number of fused-ring (bicyclic) bond motifs is 2. The van der Waals surface area contributed by atoms with Crippen LogP contribution in [0.2, 0.25) is 0 Å². The SMILES string of the molecule is CCN(O)SNc1cc(-c2cn(C)c(=O)c3ccccc23)c2oc(C3CCCC3)nc2c1. The Morgan fingerprint density at radius 3 is 2.72 bits per heavy atom. The molecule has 5 rings (SSSR count). The Bertz CT molecular complexity index is 1340. The number of rotatable bonds is 6. The molecule has 2 N–H and O–H groups in total. The fourth-order valence-corrected chi connectivity index (χ4v) is 4.91. The van der Waals surface area contributed by atoms with Gasteiger partial charge in [-0.25, -0.2) is 4.98 Å².